The van der Waals surface area contributed by atoms with Crippen molar-refractivity contribution in [2.45, 2.75) is 20.0 Å². The van der Waals surface area contributed by atoms with Crippen LogP contribution in [-0.4, -0.2) is 18.8 Å². The van der Waals surface area contributed by atoms with E-state index < -0.39 is 0 Å². The van der Waals surface area contributed by atoms with Gasteiger partial charge in [0.25, 0.3) is 0 Å². The number of phenols is 1. The fraction of sp³-hybridized carbons (Fsp3) is 0.294. The number of methoxy groups -OCH3 is 1. The van der Waals surface area contributed by atoms with Crippen LogP contribution in [0, 0.1) is 0 Å². The molecule has 1 N–H and O–H groups in total. The lowest BCUT2D eigenvalue weighted by Gasteiger charge is -2.18. The molecule has 2 aromatic carbocycles. The quantitative estimate of drug-likeness (QED) is 0.874. The molecule has 4 nitrogen and oxygen atoms in total. The molecule has 112 valence electrons. The van der Waals surface area contributed by atoms with E-state index in [4.69, 9.17) is 14.2 Å². The standard InChI is InChI=1S/C17H20O4/c1-4-20-14-8-9-16(17(11-14)19-3)12(2)21-15-7-5-6-13(18)10-15/h5-12,18H,4H2,1-3H3. The number of hydrogen-bond acceptors (Lipinski definition) is 4. The fourth-order valence-electron chi connectivity index (χ4n) is 2.11. The predicted octanol–water partition coefficient (Wildman–Crippen LogP) is 3.94. The first-order valence-electron chi connectivity index (χ1n) is 6.90. The molecule has 0 aliphatic rings. The molecular formula is C17H20O4. The summed E-state index contributed by atoms with van der Waals surface area (Å²) in [6, 6.07) is 12.4. The highest BCUT2D eigenvalue weighted by Gasteiger charge is 2.14. The number of aromatic hydroxyl groups is 1. The van der Waals surface area contributed by atoms with Gasteiger partial charge in [0.15, 0.2) is 0 Å². The van der Waals surface area contributed by atoms with E-state index in [1.54, 1.807) is 31.4 Å². The van der Waals surface area contributed by atoms with E-state index in [2.05, 4.69) is 0 Å². The van der Waals surface area contributed by atoms with E-state index in [9.17, 15) is 5.11 Å². The molecule has 0 aliphatic carbocycles. The normalized spacial score (nSPS) is 11.8. The second kappa shape index (κ2) is 6.88. The summed E-state index contributed by atoms with van der Waals surface area (Å²) in [5.74, 6) is 2.27. The summed E-state index contributed by atoms with van der Waals surface area (Å²) in [6.07, 6.45) is -0.211. The lowest BCUT2D eigenvalue weighted by Crippen LogP contribution is -2.05. The number of ether oxygens (including phenoxy) is 3. The van der Waals surface area contributed by atoms with Crippen molar-refractivity contribution in [3.05, 3.63) is 48.0 Å². The zero-order valence-corrected chi connectivity index (χ0v) is 12.5. The summed E-state index contributed by atoms with van der Waals surface area (Å²) in [4.78, 5) is 0. The van der Waals surface area contributed by atoms with Crippen LogP contribution in [0.4, 0.5) is 0 Å². The van der Waals surface area contributed by atoms with Crippen molar-refractivity contribution in [2.24, 2.45) is 0 Å². The summed E-state index contributed by atoms with van der Waals surface area (Å²) in [7, 11) is 1.62. The number of hydrogen-bond donors (Lipinski definition) is 1. The van der Waals surface area contributed by atoms with Gasteiger partial charge in [-0.15, -0.1) is 0 Å². The Balaban J connectivity index is 2.20. The van der Waals surface area contributed by atoms with Gasteiger partial charge in [-0.1, -0.05) is 6.07 Å². The minimum absolute atomic E-state index is 0.179. The maximum Gasteiger partial charge on any atom is 0.129 e. The highest BCUT2D eigenvalue weighted by molar-refractivity contribution is 5.42. The Morgan fingerprint density at radius 3 is 2.57 bits per heavy atom. The third-order valence-corrected chi connectivity index (χ3v) is 3.08. The van der Waals surface area contributed by atoms with E-state index >= 15 is 0 Å². The van der Waals surface area contributed by atoms with Crippen molar-refractivity contribution >= 4 is 0 Å². The van der Waals surface area contributed by atoms with Crippen LogP contribution in [0.3, 0.4) is 0 Å². The molecule has 0 radical (unpaired) electrons. The predicted molar refractivity (Wildman–Crippen MR) is 81.3 cm³/mol. The van der Waals surface area contributed by atoms with Crippen molar-refractivity contribution in [1.29, 1.82) is 0 Å². The minimum atomic E-state index is -0.211. The topological polar surface area (TPSA) is 47.9 Å². The van der Waals surface area contributed by atoms with Crippen LogP contribution < -0.4 is 14.2 Å². The Morgan fingerprint density at radius 1 is 1.10 bits per heavy atom. The SMILES string of the molecule is CCOc1ccc(C(C)Oc2cccc(O)c2)c(OC)c1. The Labute approximate surface area is 124 Å². The van der Waals surface area contributed by atoms with Gasteiger partial charge < -0.3 is 19.3 Å². The second-order valence-corrected chi connectivity index (χ2v) is 4.59. The molecular weight excluding hydrogens is 268 g/mol. The Morgan fingerprint density at radius 2 is 1.90 bits per heavy atom. The molecule has 21 heavy (non-hydrogen) atoms. The molecule has 0 bridgehead atoms. The van der Waals surface area contributed by atoms with Gasteiger partial charge in [0.2, 0.25) is 0 Å². The number of rotatable bonds is 6. The highest BCUT2D eigenvalue weighted by atomic mass is 16.5. The van der Waals surface area contributed by atoms with Gasteiger partial charge in [0, 0.05) is 17.7 Å². The van der Waals surface area contributed by atoms with E-state index in [1.807, 2.05) is 32.0 Å². The van der Waals surface area contributed by atoms with E-state index in [1.165, 1.54) is 0 Å². The first-order valence-corrected chi connectivity index (χ1v) is 6.90. The van der Waals surface area contributed by atoms with Crippen molar-refractivity contribution < 1.29 is 19.3 Å². The molecule has 0 amide bonds. The number of phenolic OH excluding ortho intramolecular Hbond substituents is 1. The van der Waals surface area contributed by atoms with E-state index in [0.717, 1.165) is 11.3 Å². The molecule has 2 rings (SSSR count). The van der Waals surface area contributed by atoms with E-state index in [-0.39, 0.29) is 11.9 Å². The van der Waals surface area contributed by atoms with Crippen LogP contribution in [-0.2, 0) is 0 Å². The van der Waals surface area contributed by atoms with Crippen molar-refractivity contribution in [3.8, 4) is 23.0 Å². The van der Waals surface area contributed by atoms with Gasteiger partial charge in [-0.3, -0.25) is 0 Å². The van der Waals surface area contributed by atoms with Crippen molar-refractivity contribution in [2.75, 3.05) is 13.7 Å². The largest absolute Gasteiger partial charge is 0.508 e. The van der Waals surface area contributed by atoms with Gasteiger partial charge in [-0.25, -0.2) is 0 Å². The molecule has 0 saturated heterocycles. The molecule has 0 heterocycles. The molecule has 1 unspecified atom stereocenters. The maximum atomic E-state index is 9.47. The van der Waals surface area contributed by atoms with Crippen molar-refractivity contribution in [3.63, 3.8) is 0 Å². The van der Waals surface area contributed by atoms with Crippen LogP contribution in [0.2, 0.25) is 0 Å². The smallest absolute Gasteiger partial charge is 0.129 e. The Hall–Kier alpha value is -2.36. The van der Waals surface area contributed by atoms with Gasteiger partial charge in [0.1, 0.15) is 29.1 Å². The molecule has 0 aromatic heterocycles. The maximum absolute atomic E-state index is 9.47. The zero-order valence-electron chi connectivity index (χ0n) is 12.5. The zero-order chi connectivity index (χ0) is 15.2. The van der Waals surface area contributed by atoms with Gasteiger partial charge in [-0.2, -0.15) is 0 Å². The van der Waals surface area contributed by atoms with Crippen LogP contribution in [0.1, 0.15) is 25.5 Å². The summed E-state index contributed by atoms with van der Waals surface area (Å²) >= 11 is 0. The van der Waals surface area contributed by atoms with Crippen LogP contribution in [0.25, 0.3) is 0 Å². The molecule has 0 spiro atoms. The molecule has 1 atom stereocenters. The van der Waals surface area contributed by atoms with E-state index in [0.29, 0.717) is 18.1 Å². The van der Waals surface area contributed by atoms with Crippen LogP contribution in [0.5, 0.6) is 23.0 Å². The summed E-state index contributed by atoms with van der Waals surface area (Å²) in [5, 5.41) is 9.47. The van der Waals surface area contributed by atoms with Gasteiger partial charge in [-0.05, 0) is 38.1 Å². The lowest BCUT2D eigenvalue weighted by molar-refractivity contribution is 0.220. The second-order valence-electron chi connectivity index (χ2n) is 4.59. The molecule has 2 aromatic rings. The lowest BCUT2D eigenvalue weighted by atomic mass is 10.1. The average molecular weight is 288 g/mol. The highest BCUT2D eigenvalue weighted by Crippen LogP contribution is 2.32. The van der Waals surface area contributed by atoms with Crippen molar-refractivity contribution in [1.82, 2.24) is 0 Å². The fourth-order valence-corrected chi connectivity index (χ4v) is 2.11. The molecule has 4 heteroatoms. The summed E-state index contributed by atoms with van der Waals surface area (Å²) in [6.45, 7) is 4.48. The molecule has 0 aliphatic heterocycles. The average Bonchev–Trinajstić information content (AvgIpc) is 2.47. The third kappa shape index (κ3) is 3.81. The minimum Gasteiger partial charge on any atom is -0.508 e. The third-order valence-electron chi connectivity index (χ3n) is 3.08. The summed E-state index contributed by atoms with van der Waals surface area (Å²) in [5.41, 5.74) is 0.921. The Kier molecular flexibility index (Phi) is 4.93. The van der Waals surface area contributed by atoms with Crippen LogP contribution >= 0.6 is 0 Å². The van der Waals surface area contributed by atoms with Crippen LogP contribution in [0.15, 0.2) is 42.5 Å². The monoisotopic (exact) mass is 288 g/mol. The summed E-state index contributed by atoms with van der Waals surface area (Å²) < 4.78 is 16.7. The Bertz CT molecular complexity index is 595. The first kappa shape index (κ1) is 15.0. The van der Waals surface area contributed by atoms with Gasteiger partial charge in [0.05, 0.1) is 13.7 Å². The number of benzene rings is 2. The van der Waals surface area contributed by atoms with Gasteiger partial charge >= 0.3 is 0 Å². The molecule has 0 fully saturated rings. The molecule has 0 saturated carbocycles. The first-order chi connectivity index (χ1) is 10.1.